The Morgan fingerprint density at radius 1 is 0.175 bits per heavy atom. The predicted octanol–water partition coefficient (Wildman–Crippen LogP) is 28.4. The van der Waals surface area contributed by atoms with Gasteiger partial charge in [-0.05, 0) is 198 Å². The molecule has 0 aliphatic carbocycles. The smallest absolute Gasteiger partial charge is 0.252 e. The minimum atomic E-state index is -0.321. The van der Waals surface area contributed by atoms with Crippen molar-refractivity contribution in [1.29, 1.82) is 0 Å². The van der Waals surface area contributed by atoms with E-state index in [0.717, 1.165) is 151 Å². The molecule has 0 unspecified atom stereocenters. The number of para-hydroxylation sites is 6. The Balaban J connectivity index is 0.856. The third-order valence-electron chi connectivity index (χ3n) is 25.7. The molecular formula is C114H72BN5. The maximum Gasteiger partial charge on any atom is 0.252 e. The summed E-state index contributed by atoms with van der Waals surface area (Å²) in [6.07, 6.45) is 0. The van der Waals surface area contributed by atoms with Crippen molar-refractivity contribution in [3.8, 4) is 100 Å². The molecule has 2 aliphatic heterocycles. The van der Waals surface area contributed by atoms with Crippen LogP contribution in [0.15, 0.2) is 437 Å². The molecule has 6 heteroatoms. The van der Waals surface area contributed by atoms with Crippen molar-refractivity contribution in [2.24, 2.45) is 0 Å². The van der Waals surface area contributed by atoms with Gasteiger partial charge in [0, 0.05) is 99.5 Å². The van der Waals surface area contributed by atoms with E-state index in [2.05, 4.69) is 460 Å². The Bertz CT molecular complexity index is 7900. The third-order valence-corrected chi connectivity index (χ3v) is 25.7. The first-order chi connectivity index (χ1) is 59.6. The Hall–Kier alpha value is -15.8. The maximum atomic E-state index is 2.73. The molecule has 0 atom stereocenters. The summed E-state index contributed by atoms with van der Waals surface area (Å²) in [7, 11) is 0. The van der Waals surface area contributed by atoms with Gasteiger partial charge in [0.2, 0.25) is 0 Å². The van der Waals surface area contributed by atoms with Crippen LogP contribution in [0.2, 0.25) is 0 Å². The minimum absolute atomic E-state index is 0.321. The van der Waals surface area contributed by atoms with Crippen molar-refractivity contribution in [3.63, 3.8) is 0 Å². The number of nitrogens with zero attached hydrogens (tertiary/aromatic N) is 5. The molecule has 25 rings (SSSR count). The quantitative estimate of drug-likeness (QED) is 0.114. The van der Waals surface area contributed by atoms with Crippen LogP contribution >= 0.6 is 0 Å². The van der Waals surface area contributed by atoms with Gasteiger partial charge in [-0.2, -0.15) is 0 Å². The summed E-state index contributed by atoms with van der Waals surface area (Å²) in [4.78, 5) is 5.46. The average molecular weight is 1520 g/mol. The van der Waals surface area contributed by atoms with E-state index in [1.165, 1.54) is 81.5 Å². The topological polar surface area (TPSA) is 20.8 Å². The molecule has 0 radical (unpaired) electrons. The molecule has 2 aliphatic rings. The van der Waals surface area contributed by atoms with Gasteiger partial charge in [0.25, 0.3) is 6.71 Å². The summed E-state index contributed by atoms with van der Waals surface area (Å²) < 4.78 is 7.44. The van der Waals surface area contributed by atoms with E-state index < -0.39 is 0 Å². The Labute approximate surface area is 694 Å². The second-order valence-corrected chi connectivity index (χ2v) is 32.2. The average Bonchev–Trinajstić information content (AvgIpc) is 1.40. The molecule has 0 saturated carbocycles. The van der Waals surface area contributed by atoms with Gasteiger partial charge < -0.3 is 23.3 Å². The van der Waals surface area contributed by atoms with E-state index in [4.69, 9.17) is 0 Å². The van der Waals surface area contributed by atoms with Gasteiger partial charge in [0.15, 0.2) is 0 Å². The van der Waals surface area contributed by atoms with Gasteiger partial charge in [-0.3, -0.25) is 0 Å². The molecule has 0 amide bonds. The molecule has 0 N–H and O–H groups in total. The van der Waals surface area contributed by atoms with Crippen LogP contribution in [0, 0.1) is 0 Å². The highest BCUT2D eigenvalue weighted by atomic mass is 15.2. The molecule has 5 nitrogen and oxygen atoms in total. The monoisotopic (exact) mass is 1520 g/mol. The van der Waals surface area contributed by atoms with E-state index in [0.29, 0.717) is 0 Å². The van der Waals surface area contributed by atoms with E-state index in [1.54, 1.807) is 0 Å². The van der Waals surface area contributed by atoms with E-state index in [-0.39, 0.29) is 6.71 Å². The summed E-state index contributed by atoms with van der Waals surface area (Å²) in [5.74, 6) is 0. The lowest BCUT2D eigenvalue weighted by molar-refractivity contribution is 1.17. The van der Waals surface area contributed by atoms with Crippen molar-refractivity contribution in [3.05, 3.63) is 437 Å². The summed E-state index contributed by atoms with van der Waals surface area (Å²) >= 11 is 0. The summed E-state index contributed by atoms with van der Waals surface area (Å²) in [6.45, 7) is -0.321. The van der Waals surface area contributed by atoms with Gasteiger partial charge in [0.05, 0.1) is 50.0 Å². The second-order valence-electron chi connectivity index (χ2n) is 32.2. The highest BCUT2D eigenvalue weighted by Crippen LogP contribution is 2.57. The fraction of sp³-hybridized carbons (Fsp3) is 0. The number of benzene rings is 19. The number of aromatic nitrogens is 3. The molecule has 19 aromatic carbocycles. The minimum Gasteiger partial charge on any atom is -0.310 e. The van der Waals surface area contributed by atoms with Crippen molar-refractivity contribution in [2.45, 2.75) is 0 Å². The zero-order valence-corrected chi connectivity index (χ0v) is 65.4. The lowest BCUT2D eigenvalue weighted by atomic mass is 9.33. The van der Waals surface area contributed by atoms with Crippen molar-refractivity contribution < 1.29 is 0 Å². The number of fused-ring (bicyclic) bond motifs is 16. The first-order valence-electron chi connectivity index (χ1n) is 41.6. The van der Waals surface area contributed by atoms with Crippen LogP contribution in [0.1, 0.15) is 0 Å². The summed E-state index contributed by atoms with van der Waals surface area (Å²) in [6, 6.07) is 165. The van der Waals surface area contributed by atoms with Crippen LogP contribution in [0.25, 0.3) is 182 Å². The highest BCUT2D eigenvalue weighted by molar-refractivity contribution is 7.00. The lowest BCUT2D eigenvalue weighted by Crippen LogP contribution is -2.61. The molecule has 6 heterocycles. The summed E-state index contributed by atoms with van der Waals surface area (Å²) in [5, 5.41) is 9.79. The first kappa shape index (κ1) is 67.6. The third kappa shape index (κ3) is 10.3. The van der Waals surface area contributed by atoms with Gasteiger partial charge in [-0.1, -0.05) is 322 Å². The number of hydrogen-bond acceptors (Lipinski definition) is 2. The molecular weight excluding hydrogens is 1450 g/mol. The first-order valence-corrected chi connectivity index (χ1v) is 41.6. The number of hydrogen-bond donors (Lipinski definition) is 0. The van der Waals surface area contributed by atoms with Crippen LogP contribution < -0.4 is 26.2 Å². The van der Waals surface area contributed by atoms with Crippen LogP contribution in [0.3, 0.4) is 0 Å². The summed E-state index contributed by atoms with van der Waals surface area (Å²) in [5.41, 5.74) is 38.5. The largest absolute Gasteiger partial charge is 0.310 e. The molecule has 120 heavy (non-hydrogen) atoms. The Morgan fingerprint density at radius 2 is 0.483 bits per heavy atom. The van der Waals surface area contributed by atoms with Crippen molar-refractivity contribution in [2.75, 3.05) is 9.80 Å². The molecule has 0 bridgehead atoms. The molecule has 0 fully saturated rings. The Kier molecular flexibility index (Phi) is 15.2. The molecule has 4 aromatic heterocycles. The standard InChI is InChI=1S/C114H72BN5/c1-8-31-73(32-9-1)82-65-93(75-35-12-3-13-36-75)113(94(66-82)76-37-14-4-15-38-76)119-107-69-81(79-56-61-105-97(63-79)90-48-25-28-53-103(90)116(105)85-43-20-7-21-44-85)55-59-99(107)115-100-60-58-86(117-101-51-26-22-45-87(101)88-46-23-27-52-102(88)117)72-108(100)120(114-95(77-39-16-5-17-40-77)67-83(74-33-10-2-11-34-74)68-96(114)78-41-18-6-19-42-78)110-71-84(70-109(119)111(110)115)80-57-62-106-98(64-80)92-50-30-49-91-89-47-24-29-54-104(89)118(106)112(91)92/h1-72H. The zero-order valence-electron chi connectivity index (χ0n) is 65.4. The predicted molar refractivity (Wildman–Crippen MR) is 507 cm³/mol. The molecule has 556 valence electrons. The fourth-order valence-corrected chi connectivity index (χ4v) is 20.5. The van der Waals surface area contributed by atoms with Crippen LogP contribution in [-0.4, -0.2) is 20.2 Å². The van der Waals surface area contributed by atoms with Gasteiger partial charge in [-0.15, -0.1) is 0 Å². The van der Waals surface area contributed by atoms with E-state index >= 15 is 0 Å². The van der Waals surface area contributed by atoms with Crippen LogP contribution in [0.4, 0.5) is 34.1 Å². The van der Waals surface area contributed by atoms with Crippen molar-refractivity contribution >= 4 is 139 Å². The SMILES string of the molecule is c1ccc(-c2cc(-c3ccccc3)c(N3c4cc(-c5ccc6c(c5)c5ccccc5n6-c5ccccc5)ccc4B4c5ccc(-n6c7ccccc7c7ccccc76)cc5N(c5c(-c6ccccc6)cc(-c6ccccc6)cc5-c5ccccc5)c5cc(-c6ccc7c(c6)c6cccc8c9ccccc9n7c86)cc3c54)c(-c3ccccc3)c2)cc1. The van der Waals surface area contributed by atoms with Crippen LogP contribution in [-0.2, 0) is 0 Å². The Morgan fingerprint density at radius 3 is 0.967 bits per heavy atom. The molecule has 23 aromatic rings. The molecule has 0 spiro atoms. The highest BCUT2D eigenvalue weighted by Gasteiger charge is 2.46. The number of rotatable bonds is 12. The molecule has 0 saturated heterocycles. The van der Waals surface area contributed by atoms with Gasteiger partial charge in [0.1, 0.15) is 0 Å². The normalized spacial score (nSPS) is 12.4. The van der Waals surface area contributed by atoms with E-state index in [9.17, 15) is 0 Å². The van der Waals surface area contributed by atoms with Gasteiger partial charge in [-0.25, -0.2) is 0 Å². The van der Waals surface area contributed by atoms with Crippen molar-refractivity contribution in [1.82, 2.24) is 13.5 Å². The van der Waals surface area contributed by atoms with Gasteiger partial charge >= 0.3 is 0 Å². The maximum absolute atomic E-state index is 2.73. The van der Waals surface area contributed by atoms with E-state index in [1.807, 2.05) is 0 Å². The number of anilines is 6. The second kappa shape index (κ2) is 26.9. The zero-order chi connectivity index (χ0) is 78.6. The van der Waals surface area contributed by atoms with Crippen LogP contribution in [0.5, 0.6) is 0 Å². The fourth-order valence-electron chi connectivity index (χ4n) is 20.5. The lowest BCUT2D eigenvalue weighted by Gasteiger charge is -2.46.